The zero-order valence-corrected chi connectivity index (χ0v) is 23.5. The Hall–Kier alpha value is -3.40. The molecule has 0 radical (unpaired) electrons. The van der Waals surface area contributed by atoms with Crippen LogP contribution in [0.1, 0.15) is 48.7 Å². The van der Waals surface area contributed by atoms with E-state index in [1.165, 1.54) is 12.1 Å². The fourth-order valence-electron chi connectivity index (χ4n) is 4.66. The Morgan fingerprint density at radius 1 is 1.08 bits per heavy atom. The SMILES string of the molecule is CCOC(=O)[C@H]1CCCN(c2ccc(NC(=O)c3cccc(Cl)c3)cc2S(=O)(=O)N[C@H](C)c2ccccc2)C1. The van der Waals surface area contributed by atoms with E-state index >= 15 is 0 Å². The lowest BCUT2D eigenvalue weighted by atomic mass is 9.97. The summed E-state index contributed by atoms with van der Waals surface area (Å²) in [6.07, 6.45) is 1.39. The summed E-state index contributed by atoms with van der Waals surface area (Å²) in [6, 6.07) is 20.0. The summed E-state index contributed by atoms with van der Waals surface area (Å²) >= 11 is 6.03. The van der Waals surface area contributed by atoms with Gasteiger partial charge in [0.1, 0.15) is 4.90 Å². The number of piperidine rings is 1. The molecule has 0 unspecified atom stereocenters. The smallest absolute Gasteiger partial charge is 0.310 e. The second kappa shape index (κ2) is 12.6. The second-order valence-electron chi connectivity index (χ2n) is 9.44. The van der Waals surface area contributed by atoms with Gasteiger partial charge in [0.2, 0.25) is 10.0 Å². The van der Waals surface area contributed by atoms with Crippen molar-refractivity contribution in [3.05, 3.63) is 88.9 Å². The van der Waals surface area contributed by atoms with Gasteiger partial charge in [-0.1, -0.05) is 48.0 Å². The summed E-state index contributed by atoms with van der Waals surface area (Å²) in [5.74, 6) is -1.06. The first kappa shape index (κ1) is 28.6. The summed E-state index contributed by atoms with van der Waals surface area (Å²) in [6.45, 7) is 4.75. The topological polar surface area (TPSA) is 105 Å². The molecule has 3 aromatic rings. The van der Waals surface area contributed by atoms with Crippen molar-refractivity contribution >= 4 is 44.9 Å². The number of nitrogens with one attached hydrogen (secondary N) is 2. The van der Waals surface area contributed by atoms with E-state index in [-0.39, 0.29) is 23.4 Å². The lowest BCUT2D eigenvalue weighted by molar-refractivity contribution is -0.148. The summed E-state index contributed by atoms with van der Waals surface area (Å²) in [7, 11) is -4.05. The van der Waals surface area contributed by atoms with E-state index in [9.17, 15) is 18.0 Å². The molecule has 0 aromatic heterocycles. The summed E-state index contributed by atoms with van der Waals surface area (Å²) in [4.78, 5) is 27.2. The van der Waals surface area contributed by atoms with Gasteiger partial charge >= 0.3 is 5.97 Å². The van der Waals surface area contributed by atoms with Gasteiger partial charge in [-0.3, -0.25) is 9.59 Å². The third-order valence-electron chi connectivity index (χ3n) is 6.61. The normalized spacial score (nSPS) is 16.4. The van der Waals surface area contributed by atoms with Crippen molar-refractivity contribution in [2.75, 3.05) is 29.9 Å². The fraction of sp³-hybridized carbons (Fsp3) is 0.310. The maximum absolute atomic E-state index is 13.8. The van der Waals surface area contributed by atoms with Crippen molar-refractivity contribution < 1.29 is 22.7 Å². The highest BCUT2D eigenvalue weighted by atomic mass is 35.5. The quantitative estimate of drug-likeness (QED) is 0.334. The van der Waals surface area contributed by atoms with Crippen LogP contribution >= 0.6 is 11.6 Å². The maximum Gasteiger partial charge on any atom is 0.310 e. The fourth-order valence-corrected chi connectivity index (χ4v) is 6.33. The Balaban J connectivity index is 1.68. The number of rotatable bonds is 9. The number of benzene rings is 3. The monoisotopic (exact) mass is 569 g/mol. The van der Waals surface area contributed by atoms with Crippen molar-refractivity contribution in [1.82, 2.24) is 4.72 Å². The number of amides is 1. The van der Waals surface area contributed by atoms with Gasteiger partial charge < -0.3 is 15.0 Å². The number of anilines is 2. The molecule has 0 saturated carbocycles. The molecule has 1 saturated heterocycles. The van der Waals surface area contributed by atoms with Crippen LogP contribution < -0.4 is 14.9 Å². The van der Waals surface area contributed by atoms with Crippen molar-refractivity contribution in [3.8, 4) is 0 Å². The second-order valence-corrected chi connectivity index (χ2v) is 11.6. The number of hydrogen-bond donors (Lipinski definition) is 2. The van der Waals surface area contributed by atoms with Gasteiger partial charge in [-0.15, -0.1) is 0 Å². The van der Waals surface area contributed by atoms with Crippen LogP contribution in [-0.2, 0) is 19.6 Å². The Labute approximate surface area is 234 Å². The van der Waals surface area contributed by atoms with Crippen molar-refractivity contribution in [2.24, 2.45) is 5.92 Å². The molecule has 10 heteroatoms. The third kappa shape index (κ3) is 7.17. The van der Waals surface area contributed by atoms with E-state index in [1.54, 1.807) is 44.2 Å². The molecule has 1 heterocycles. The van der Waals surface area contributed by atoms with E-state index in [2.05, 4.69) is 10.0 Å². The number of hydrogen-bond acceptors (Lipinski definition) is 6. The highest BCUT2D eigenvalue weighted by Crippen LogP contribution is 2.33. The van der Waals surface area contributed by atoms with Crippen LogP contribution in [0.25, 0.3) is 0 Å². The lowest BCUT2D eigenvalue weighted by Gasteiger charge is -2.34. The van der Waals surface area contributed by atoms with Crippen LogP contribution in [-0.4, -0.2) is 40.0 Å². The number of carbonyl (C=O) groups excluding carboxylic acids is 2. The summed E-state index contributed by atoms with van der Waals surface area (Å²) in [5, 5.41) is 3.19. The average molecular weight is 570 g/mol. The Bertz CT molecular complexity index is 1430. The number of carbonyl (C=O) groups is 2. The molecule has 206 valence electrons. The van der Waals surface area contributed by atoms with Gasteiger partial charge in [0, 0.05) is 35.4 Å². The molecule has 1 aliphatic heterocycles. The number of nitrogens with zero attached hydrogens (tertiary/aromatic N) is 1. The number of esters is 1. The van der Waals surface area contributed by atoms with Crippen LogP contribution in [0.2, 0.25) is 5.02 Å². The first-order valence-electron chi connectivity index (χ1n) is 12.9. The van der Waals surface area contributed by atoms with Crippen LogP contribution in [0.4, 0.5) is 11.4 Å². The predicted octanol–water partition coefficient (Wildman–Crippen LogP) is 5.41. The Kier molecular flexibility index (Phi) is 9.27. The van der Waals surface area contributed by atoms with Crippen LogP contribution in [0, 0.1) is 5.92 Å². The average Bonchev–Trinajstić information content (AvgIpc) is 2.93. The van der Waals surface area contributed by atoms with Gasteiger partial charge in [0.05, 0.1) is 18.2 Å². The van der Waals surface area contributed by atoms with Crippen molar-refractivity contribution in [1.29, 1.82) is 0 Å². The van der Waals surface area contributed by atoms with Crippen molar-refractivity contribution in [3.63, 3.8) is 0 Å². The van der Waals surface area contributed by atoms with E-state index in [1.807, 2.05) is 35.2 Å². The molecular formula is C29H32ClN3O5S. The van der Waals surface area contributed by atoms with E-state index < -0.39 is 22.0 Å². The summed E-state index contributed by atoms with van der Waals surface area (Å²) in [5.41, 5.74) is 1.93. The van der Waals surface area contributed by atoms with E-state index in [4.69, 9.17) is 16.3 Å². The van der Waals surface area contributed by atoms with Crippen LogP contribution in [0.15, 0.2) is 77.7 Å². The molecule has 0 aliphatic carbocycles. The molecule has 2 atom stereocenters. The largest absolute Gasteiger partial charge is 0.466 e. The molecular weight excluding hydrogens is 538 g/mol. The molecule has 2 N–H and O–H groups in total. The maximum atomic E-state index is 13.8. The predicted molar refractivity (Wildman–Crippen MR) is 153 cm³/mol. The van der Waals surface area contributed by atoms with E-state index in [0.29, 0.717) is 47.9 Å². The van der Waals surface area contributed by atoms with Gasteiger partial charge in [0.15, 0.2) is 0 Å². The van der Waals surface area contributed by atoms with Crippen molar-refractivity contribution in [2.45, 2.75) is 37.6 Å². The highest BCUT2D eigenvalue weighted by molar-refractivity contribution is 7.89. The number of sulfonamides is 1. The minimum Gasteiger partial charge on any atom is -0.466 e. The Morgan fingerprint density at radius 3 is 2.56 bits per heavy atom. The molecule has 0 bridgehead atoms. The lowest BCUT2D eigenvalue weighted by Crippen LogP contribution is -2.40. The van der Waals surface area contributed by atoms with Gasteiger partial charge in [-0.25, -0.2) is 13.1 Å². The molecule has 4 rings (SSSR count). The van der Waals surface area contributed by atoms with Crippen LogP contribution in [0.3, 0.4) is 0 Å². The first-order chi connectivity index (χ1) is 18.7. The minimum atomic E-state index is -4.05. The molecule has 1 amide bonds. The number of halogens is 1. The van der Waals surface area contributed by atoms with Gasteiger partial charge in [0.25, 0.3) is 5.91 Å². The standard InChI is InChI=1S/C29H32ClN3O5S/c1-3-38-29(35)23-12-8-16-33(19-23)26-15-14-25(31-28(34)22-11-7-13-24(30)17-22)18-27(26)39(36,37)32-20(2)21-9-5-4-6-10-21/h4-7,9-11,13-15,17-18,20,23,32H,3,8,12,16,19H2,1-2H3,(H,31,34)/t20-,23+/m1/s1. The third-order valence-corrected chi connectivity index (χ3v) is 8.41. The number of ether oxygens (including phenoxy) is 1. The molecule has 0 spiro atoms. The minimum absolute atomic E-state index is 0.0127. The molecule has 3 aromatic carbocycles. The Morgan fingerprint density at radius 2 is 1.85 bits per heavy atom. The molecule has 1 fully saturated rings. The van der Waals surface area contributed by atoms with Crippen LogP contribution in [0.5, 0.6) is 0 Å². The molecule has 8 nitrogen and oxygen atoms in total. The van der Waals surface area contributed by atoms with Gasteiger partial charge in [-0.2, -0.15) is 0 Å². The summed E-state index contributed by atoms with van der Waals surface area (Å²) < 4.78 is 35.6. The molecule has 1 aliphatic rings. The first-order valence-corrected chi connectivity index (χ1v) is 14.7. The zero-order chi connectivity index (χ0) is 28.0. The molecule has 39 heavy (non-hydrogen) atoms. The zero-order valence-electron chi connectivity index (χ0n) is 21.9. The highest BCUT2D eigenvalue weighted by Gasteiger charge is 2.31. The van der Waals surface area contributed by atoms with E-state index in [0.717, 1.165) is 5.56 Å². The van der Waals surface area contributed by atoms with Gasteiger partial charge in [-0.05, 0) is 68.7 Å².